The van der Waals surface area contributed by atoms with Gasteiger partial charge in [0.1, 0.15) is 0 Å². The van der Waals surface area contributed by atoms with Crippen molar-refractivity contribution in [3.63, 3.8) is 0 Å². The highest BCUT2D eigenvalue weighted by Gasteiger charge is 2.36. The lowest BCUT2D eigenvalue weighted by Gasteiger charge is -2.27. The molecule has 1 rings (SSSR count). The van der Waals surface area contributed by atoms with Gasteiger partial charge >= 0.3 is 0 Å². The van der Waals surface area contributed by atoms with Gasteiger partial charge in [-0.05, 0) is 34.8 Å². The number of hydrogen-bond donors (Lipinski definition) is 2. The normalized spacial score (nSPS) is 30.4. The molecular formula is C10H20S5. The average molecular weight is 301 g/mol. The van der Waals surface area contributed by atoms with Crippen LogP contribution in [0, 0.1) is 11.8 Å². The Morgan fingerprint density at radius 2 is 1.47 bits per heavy atom. The molecule has 0 radical (unpaired) electrons. The summed E-state index contributed by atoms with van der Waals surface area (Å²) in [5, 5.41) is 0. The minimum absolute atomic E-state index is 0.502. The molecule has 4 unspecified atom stereocenters. The van der Waals surface area contributed by atoms with Crippen LogP contribution in [0.15, 0.2) is 0 Å². The SMILES string of the molecule is CCSC(S)C1CSCC1C(S)SCC. The van der Waals surface area contributed by atoms with E-state index in [0.717, 1.165) is 11.8 Å². The second kappa shape index (κ2) is 7.96. The molecule has 0 aliphatic carbocycles. The fourth-order valence-corrected chi connectivity index (χ4v) is 7.17. The zero-order valence-corrected chi connectivity index (χ0v) is 13.5. The summed E-state index contributed by atoms with van der Waals surface area (Å²) < 4.78 is 1.00. The molecule has 0 nitrogen and oxygen atoms in total. The minimum Gasteiger partial charge on any atom is -0.165 e. The van der Waals surface area contributed by atoms with E-state index in [1.807, 2.05) is 23.5 Å². The Labute approximate surface area is 118 Å². The molecule has 0 spiro atoms. The summed E-state index contributed by atoms with van der Waals surface area (Å²) >= 11 is 15.5. The molecule has 1 aliphatic rings. The summed E-state index contributed by atoms with van der Waals surface area (Å²) in [6.07, 6.45) is 0. The molecule has 1 aliphatic heterocycles. The molecule has 5 heteroatoms. The molecule has 0 amide bonds. The summed E-state index contributed by atoms with van der Waals surface area (Å²) in [4.78, 5) is 0. The van der Waals surface area contributed by atoms with Gasteiger partial charge < -0.3 is 0 Å². The van der Waals surface area contributed by atoms with Gasteiger partial charge in [0.15, 0.2) is 0 Å². The standard InChI is InChI=1S/C10H20S5/c1-3-14-9(11)7-5-13-6-8(7)10(12)15-4-2/h7-12H,3-6H2,1-2H3. The third kappa shape index (κ3) is 4.49. The molecular weight excluding hydrogens is 280 g/mol. The van der Waals surface area contributed by atoms with E-state index in [1.54, 1.807) is 0 Å². The Morgan fingerprint density at radius 3 is 1.80 bits per heavy atom. The largest absolute Gasteiger partial charge is 0.165 e. The van der Waals surface area contributed by atoms with E-state index in [-0.39, 0.29) is 0 Å². The summed E-state index contributed by atoms with van der Waals surface area (Å²) in [6, 6.07) is 0. The van der Waals surface area contributed by atoms with Crippen molar-refractivity contribution in [1.82, 2.24) is 0 Å². The highest BCUT2D eigenvalue weighted by Crippen LogP contribution is 2.44. The van der Waals surface area contributed by atoms with Gasteiger partial charge in [0.25, 0.3) is 0 Å². The van der Waals surface area contributed by atoms with Gasteiger partial charge in [0, 0.05) is 0 Å². The molecule has 0 aromatic heterocycles. The summed E-state index contributed by atoms with van der Waals surface area (Å²) in [5.74, 6) is 6.36. The number of rotatable bonds is 6. The quantitative estimate of drug-likeness (QED) is 0.563. The molecule has 1 saturated heterocycles. The fourth-order valence-electron chi connectivity index (χ4n) is 1.76. The lowest BCUT2D eigenvalue weighted by atomic mass is 10.00. The first-order valence-electron chi connectivity index (χ1n) is 5.37. The van der Waals surface area contributed by atoms with E-state index in [9.17, 15) is 0 Å². The molecule has 1 fully saturated rings. The first-order chi connectivity index (χ1) is 7.20. The maximum atomic E-state index is 4.73. The second-order valence-electron chi connectivity index (χ2n) is 3.56. The molecule has 0 bridgehead atoms. The van der Waals surface area contributed by atoms with E-state index in [0.29, 0.717) is 9.16 Å². The van der Waals surface area contributed by atoms with E-state index < -0.39 is 0 Å². The van der Waals surface area contributed by atoms with Crippen molar-refractivity contribution in [2.24, 2.45) is 11.8 Å². The molecule has 0 aromatic rings. The Morgan fingerprint density at radius 1 is 1.07 bits per heavy atom. The number of thiol groups is 2. The fraction of sp³-hybridized carbons (Fsp3) is 1.00. The van der Waals surface area contributed by atoms with Gasteiger partial charge in [-0.2, -0.15) is 37.0 Å². The predicted octanol–water partition coefficient (Wildman–Crippen LogP) is 3.98. The molecule has 4 atom stereocenters. The topological polar surface area (TPSA) is 0 Å². The molecule has 90 valence electrons. The molecule has 0 saturated carbocycles. The summed E-state index contributed by atoms with van der Waals surface area (Å²) in [6.45, 7) is 4.42. The van der Waals surface area contributed by atoms with Crippen LogP contribution in [0.3, 0.4) is 0 Å². The van der Waals surface area contributed by atoms with Crippen LogP contribution >= 0.6 is 60.5 Å². The van der Waals surface area contributed by atoms with Crippen LogP contribution in [-0.4, -0.2) is 32.2 Å². The first kappa shape index (κ1) is 14.8. The maximum Gasteiger partial charge on any atom is 0.0511 e. The Hall–Kier alpha value is 1.75. The van der Waals surface area contributed by atoms with Crippen LogP contribution in [0.4, 0.5) is 0 Å². The molecule has 1 heterocycles. The summed E-state index contributed by atoms with van der Waals surface area (Å²) in [5.41, 5.74) is 0. The smallest absolute Gasteiger partial charge is 0.0511 e. The van der Waals surface area contributed by atoms with E-state index >= 15 is 0 Å². The number of hydrogen-bond acceptors (Lipinski definition) is 5. The predicted molar refractivity (Wildman–Crippen MR) is 86.1 cm³/mol. The third-order valence-electron chi connectivity index (χ3n) is 2.58. The van der Waals surface area contributed by atoms with Crippen LogP contribution in [0.5, 0.6) is 0 Å². The number of thioether (sulfide) groups is 3. The summed E-state index contributed by atoms with van der Waals surface area (Å²) in [7, 11) is 0. The monoisotopic (exact) mass is 300 g/mol. The van der Waals surface area contributed by atoms with E-state index in [2.05, 4.69) is 25.6 Å². The van der Waals surface area contributed by atoms with Gasteiger partial charge in [-0.3, -0.25) is 0 Å². The molecule has 0 N–H and O–H groups in total. The van der Waals surface area contributed by atoms with Crippen LogP contribution in [0.2, 0.25) is 0 Å². The highest BCUT2D eigenvalue weighted by atomic mass is 32.2. The van der Waals surface area contributed by atoms with Gasteiger partial charge in [0.05, 0.1) is 9.16 Å². The zero-order chi connectivity index (χ0) is 11.3. The third-order valence-corrected chi connectivity index (χ3v) is 7.53. The van der Waals surface area contributed by atoms with Crippen LogP contribution in [-0.2, 0) is 0 Å². The molecule has 0 aromatic carbocycles. The van der Waals surface area contributed by atoms with Crippen molar-refractivity contribution in [2.75, 3.05) is 23.0 Å². The Bertz CT molecular complexity index is 157. The van der Waals surface area contributed by atoms with E-state index in [1.165, 1.54) is 23.0 Å². The Balaban J connectivity index is 2.48. The second-order valence-corrected chi connectivity index (χ2v) is 9.28. The van der Waals surface area contributed by atoms with Crippen molar-refractivity contribution >= 4 is 60.5 Å². The van der Waals surface area contributed by atoms with Crippen molar-refractivity contribution < 1.29 is 0 Å². The van der Waals surface area contributed by atoms with Gasteiger partial charge in [-0.15, -0.1) is 23.5 Å². The Kier molecular flexibility index (Phi) is 7.86. The van der Waals surface area contributed by atoms with Crippen LogP contribution < -0.4 is 0 Å². The minimum atomic E-state index is 0.502. The lowest BCUT2D eigenvalue weighted by molar-refractivity contribution is 0.483. The maximum absolute atomic E-state index is 4.73. The van der Waals surface area contributed by atoms with Crippen LogP contribution in [0.1, 0.15) is 13.8 Å². The van der Waals surface area contributed by atoms with Crippen molar-refractivity contribution in [1.29, 1.82) is 0 Å². The zero-order valence-electron chi connectivity index (χ0n) is 9.26. The average Bonchev–Trinajstić information content (AvgIpc) is 2.66. The van der Waals surface area contributed by atoms with Crippen molar-refractivity contribution in [2.45, 2.75) is 23.0 Å². The first-order valence-corrected chi connectivity index (χ1v) is 9.66. The molecule has 15 heavy (non-hydrogen) atoms. The van der Waals surface area contributed by atoms with Crippen LogP contribution in [0.25, 0.3) is 0 Å². The van der Waals surface area contributed by atoms with Gasteiger partial charge in [0.2, 0.25) is 0 Å². The van der Waals surface area contributed by atoms with Crippen molar-refractivity contribution in [3.05, 3.63) is 0 Å². The lowest BCUT2D eigenvalue weighted by Crippen LogP contribution is -2.26. The highest BCUT2D eigenvalue weighted by molar-refractivity contribution is 8.11. The van der Waals surface area contributed by atoms with Crippen molar-refractivity contribution in [3.8, 4) is 0 Å². The van der Waals surface area contributed by atoms with E-state index in [4.69, 9.17) is 25.3 Å². The van der Waals surface area contributed by atoms with Gasteiger partial charge in [-0.25, -0.2) is 0 Å². The van der Waals surface area contributed by atoms with Gasteiger partial charge in [-0.1, -0.05) is 13.8 Å².